The molecule has 180 valence electrons. The number of anilines is 3. The molecule has 0 fully saturated rings. The van der Waals surface area contributed by atoms with Gasteiger partial charge in [0, 0.05) is 5.69 Å². The van der Waals surface area contributed by atoms with Gasteiger partial charge in [-0.05, 0) is 59.2 Å². The van der Waals surface area contributed by atoms with E-state index < -0.39 is 0 Å². The zero-order valence-corrected chi connectivity index (χ0v) is 21.4. The molecule has 1 heterocycles. The van der Waals surface area contributed by atoms with Crippen molar-refractivity contribution in [1.82, 2.24) is 4.98 Å². The number of methoxy groups -OCH3 is 1. The lowest BCUT2D eigenvalue weighted by Gasteiger charge is -2.25. The fraction of sp³-hybridized carbons (Fsp3) is 0.103. The van der Waals surface area contributed by atoms with Gasteiger partial charge in [0.05, 0.1) is 30.6 Å². The van der Waals surface area contributed by atoms with E-state index in [1.165, 1.54) is 16.7 Å². The summed E-state index contributed by atoms with van der Waals surface area (Å²) in [6, 6.07) is 27.6. The van der Waals surface area contributed by atoms with Crippen LogP contribution in [0.4, 0.5) is 16.5 Å². The van der Waals surface area contributed by atoms with Gasteiger partial charge < -0.3 is 15.0 Å². The van der Waals surface area contributed by atoms with Crippen LogP contribution in [0.25, 0.3) is 10.8 Å². The zero-order chi connectivity index (χ0) is 25.1. The van der Waals surface area contributed by atoms with Crippen molar-refractivity contribution in [3.63, 3.8) is 0 Å². The molecule has 0 radical (unpaired) electrons. The third-order valence-corrected chi connectivity index (χ3v) is 7.13. The summed E-state index contributed by atoms with van der Waals surface area (Å²) in [5, 5.41) is 6.81. The van der Waals surface area contributed by atoms with Crippen LogP contribution in [0.5, 0.6) is 5.75 Å². The maximum atomic E-state index is 13.8. The predicted molar refractivity (Wildman–Crippen MR) is 149 cm³/mol. The molecule has 0 atom stereocenters. The molecule has 0 aliphatic rings. The van der Waals surface area contributed by atoms with Crippen LogP contribution in [-0.2, 0) is 6.54 Å². The first-order chi connectivity index (χ1) is 17.5. The van der Waals surface area contributed by atoms with E-state index in [2.05, 4.69) is 34.6 Å². The van der Waals surface area contributed by atoms with Crippen molar-refractivity contribution in [2.45, 2.75) is 13.5 Å². The molecule has 7 heteroatoms. The van der Waals surface area contributed by atoms with E-state index in [4.69, 9.17) is 16.3 Å². The van der Waals surface area contributed by atoms with Gasteiger partial charge in [0.1, 0.15) is 10.6 Å². The van der Waals surface area contributed by atoms with Crippen molar-refractivity contribution in [1.29, 1.82) is 0 Å². The average Bonchev–Trinajstić information content (AvgIpc) is 3.36. The third kappa shape index (κ3) is 5.05. The molecule has 5 nitrogen and oxygen atoms in total. The van der Waals surface area contributed by atoms with Gasteiger partial charge in [0.25, 0.3) is 5.91 Å². The topological polar surface area (TPSA) is 54.5 Å². The van der Waals surface area contributed by atoms with Crippen molar-refractivity contribution < 1.29 is 9.53 Å². The first kappa shape index (κ1) is 23.9. The Morgan fingerprint density at radius 2 is 1.78 bits per heavy atom. The predicted octanol–water partition coefficient (Wildman–Crippen LogP) is 7.86. The van der Waals surface area contributed by atoms with E-state index in [0.29, 0.717) is 27.3 Å². The van der Waals surface area contributed by atoms with Gasteiger partial charge in [-0.1, -0.05) is 77.5 Å². The second-order valence-electron chi connectivity index (χ2n) is 8.36. The molecule has 1 amide bonds. The molecule has 0 unspecified atom stereocenters. The average molecular weight is 514 g/mol. The van der Waals surface area contributed by atoms with Crippen LogP contribution in [0.1, 0.15) is 20.8 Å². The van der Waals surface area contributed by atoms with E-state index in [0.717, 1.165) is 28.0 Å². The van der Waals surface area contributed by atoms with Crippen molar-refractivity contribution in [3.8, 4) is 5.75 Å². The number of amides is 1. The molecule has 1 aromatic heterocycles. The number of nitrogens with one attached hydrogen (secondary N) is 1. The molecule has 0 bridgehead atoms. The third-order valence-electron chi connectivity index (χ3n) is 5.92. The second kappa shape index (κ2) is 10.4. The molecule has 1 N–H and O–H groups in total. The standard InChI is InChI=1S/C29H24ClN3O2S/c1-19-6-5-9-25(30)27(19)33(18-20-10-14-24(35-2)15-11-20)28(34)26-17-31-29(36-26)32-23-13-12-21-7-3-4-8-22(21)16-23/h3-17H,18H2,1-2H3,(H,31,32). The number of halogens is 1. The van der Waals surface area contributed by atoms with Crippen LogP contribution in [0.15, 0.2) is 91.1 Å². The normalized spacial score (nSPS) is 10.9. The Morgan fingerprint density at radius 3 is 2.53 bits per heavy atom. The van der Waals surface area contributed by atoms with Gasteiger partial charge in [-0.3, -0.25) is 4.79 Å². The summed E-state index contributed by atoms with van der Waals surface area (Å²) in [7, 11) is 1.63. The van der Waals surface area contributed by atoms with Gasteiger partial charge in [-0.25, -0.2) is 4.98 Å². The summed E-state index contributed by atoms with van der Waals surface area (Å²) in [6.07, 6.45) is 1.61. The summed E-state index contributed by atoms with van der Waals surface area (Å²) in [6.45, 7) is 2.31. The first-order valence-corrected chi connectivity index (χ1v) is 12.6. The van der Waals surface area contributed by atoms with Gasteiger partial charge in [0.2, 0.25) is 0 Å². The Bertz CT molecular complexity index is 1510. The van der Waals surface area contributed by atoms with Crippen molar-refractivity contribution >= 4 is 56.1 Å². The van der Waals surface area contributed by atoms with Gasteiger partial charge in [-0.15, -0.1) is 0 Å². The molecular weight excluding hydrogens is 490 g/mol. The van der Waals surface area contributed by atoms with E-state index in [-0.39, 0.29) is 5.91 Å². The number of ether oxygens (including phenoxy) is 1. The van der Waals surface area contributed by atoms with Gasteiger partial charge in [-0.2, -0.15) is 0 Å². The quantitative estimate of drug-likeness (QED) is 0.240. The monoisotopic (exact) mass is 513 g/mol. The maximum Gasteiger partial charge on any atom is 0.270 e. The molecule has 36 heavy (non-hydrogen) atoms. The molecule has 0 aliphatic heterocycles. The minimum Gasteiger partial charge on any atom is -0.497 e. The van der Waals surface area contributed by atoms with Crippen molar-refractivity contribution in [3.05, 3.63) is 112 Å². The van der Waals surface area contributed by atoms with Crippen LogP contribution < -0.4 is 15.0 Å². The lowest BCUT2D eigenvalue weighted by Crippen LogP contribution is -2.30. The molecule has 5 rings (SSSR count). The number of carbonyl (C=O) groups excluding carboxylic acids is 1. The smallest absolute Gasteiger partial charge is 0.270 e. The number of aryl methyl sites for hydroxylation is 1. The molecule has 0 saturated carbocycles. The number of rotatable bonds is 7. The second-order valence-corrected chi connectivity index (χ2v) is 9.80. The summed E-state index contributed by atoms with van der Waals surface area (Å²) in [5.74, 6) is 0.600. The highest BCUT2D eigenvalue weighted by Crippen LogP contribution is 2.34. The lowest BCUT2D eigenvalue weighted by atomic mass is 10.1. The zero-order valence-electron chi connectivity index (χ0n) is 19.9. The summed E-state index contributed by atoms with van der Waals surface area (Å²) in [5.41, 5.74) is 3.49. The first-order valence-electron chi connectivity index (χ1n) is 11.4. The highest BCUT2D eigenvalue weighted by molar-refractivity contribution is 7.17. The Hall–Kier alpha value is -3.87. The van der Waals surface area contributed by atoms with Crippen molar-refractivity contribution in [2.75, 3.05) is 17.3 Å². The molecule has 0 saturated heterocycles. The summed E-state index contributed by atoms with van der Waals surface area (Å²) in [4.78, 5) is 20.5. The van der Waals surface area contributed by atoms with Crippen LogP contribution in [0.3, 0.4) is 0 Å². The number of aromatic nitrogens is 1. The number of hydrogen-bond acceptors (Lipinski definition) is 5. The van der Waals surface area contributed by atoms with Gasteiger partial charge in [0.15, 0.2) is 5.13 Å². The van der Waals surface area contributed by atoms with Crippen LogP contribution in [0.2, 0.25) is 5.02 Å². The summed E-state index contributed by atoms with van der Waals surface area (Å²) < 4.78 is 5.27. The summed E-state index contributed by atoms with van der Waals surface area (Å²) >= 11 is 7.91. The molecular formula is C29H24ClN3O2S. The fourth-order valence-electron chi connectivity index (χ4n) is 4.09. The molecule has 4 aromatic carbocycles. The highest BCUT2D eigenvalue weighted by Gasteiger charge is 2.24. The Balaban J connectivity index is 1.44. The van der Waals surface area contributed by atoms with Crippen LogP contribution >= 0.6 is 22.9 Å². The Morgan fingerprint density at radius 1 is 1.00 bits per heavy atom. The highest BCUT2D eigenvalue weighted by atomic mass is 35.5. The number of nitrogens with zero attached hydrogens (tertiary/aromatic N) is 2. The minimum atomic E-state index is -0.161. The minimum absolute atomic E-state index is 0.161. The number of thiazole rings is 1. The van der Waals surface area contributed by atoms with Crippen LogP contribution in [0, 0.1) is 6.92 Å². The fourth-order valence-corrected chi connectivity index (χ4v) is 5.19. The van der Waals surface area contributed by atoms with Gasteiger partial charge >= 0.3 is 0 Å². The number of para-hydroxylation sites is 1. The number of benzene rings is 4. The SMILES string of the molecule is COc1ccc(CN(C(=O)c2cnc(Nc3ccc4ccccc4c3)s2)c2c(C)cccc2Cl)cc1. The van der Waals surface area contributed by atoms with Crippen molar-refractivity contribution in [2.24, 2.45) is 0 Å². The number of hydrogen-bond donors (Lipinski definition) is 1. The molecule has 0 aliphatic carbocycles. The van der Waals surface area contributed by atoms with E-state index >= 15 is 0 Å². The van der Waals surface area contributed by atoms with E-state index in [9.17, 15) is 4.79 Å². The van der Waals surface area contributed by atoms with Crippen LogP contribution in [-0.4, -0.2) is 18.0 Å². The lowest BCUT2D eigenvalue weighted by molar-refractivity contribution is 0.0988. The molecule has 0 spiro atoms. The Labute approximate surface area is 218 Å². The maximum absolute atomic E-state index is 13.8. The van der Waals surface area contributed by atoms with E-state index in [1.54, 1.807) is 24.3 Å². The number of carbonyl (C=O) groups is 1. The largest absolute Gasteiger partial charge is 0.497 e. The molecule has 5 aromatic rings. The number of fused-ring (bicyclic) bond motifs is 1. The van der Waals surface area contributed by atoms with E-state index in [1.807, 2.05) is 61.5 Å². The Kier molecular flexibility index (Phi) is 6.89.